The van der Waals surface area contributed by atoms with Crippen LogP contribution in [0.15, 0.2) is 11.1 Å². The van der Waals surface area contributed by atoms with Crippen molar-refractivity contribution in [2.75, 3.05) is 0 Å². The van der Waals surface area contributed by atoms with Crippen molar-refractivity contribution < 1.29 is 9.90 Å². The summed E-state index contributed by atoms with van der Waals surface area (Å²) in [5, 5.41) is 18.2. The number of aliphatic carboxylic acids is 1. The first-order valence-corrected chi connectivity index (χ1v) is 6.94. The quantitative estimate of drug-likeness (QED) is 0.601. The fourth-order valence-corrected chi connectivity index (χ4v) is 5.10. The Morgan fingerprint density at radius 2 is 1.61 bits per heavy atom. The van der Waals surface area contributed by atoms with E-state index in [2.05, 4.69) is 0 Å². The molecule has 4 bridgehead atoms. The summed E-state index contributed by atoms with van der Waals surface area (Å²) in [6.07, 6.45) is 6.42. The van der Waals surface area contributed by atoms with Gasteiger partial charge < -0.3 is 5.11 Å². The van der Waals surface area contributed by atoms with Gasteiger partial charge in [0.2, 0.25) is 0 Å². The standard InChI is InChI=1S/C15H19NO2/c1-8(13(7-16)15(17)18)14-11-3-9-2-10(5-11)6-12(14)4-9/h9-12,14H,2-6H2,1H3,(H,17,18)/b13-8+. The molecule has 0 aromatic heterocycles. The number of allylic oxidation sites excluding steroid dienone is 1. The summed E-state index contributed by atoms with van der Waals surface area (Å²) in [5.41, 5.74) is 0.839. The minimum atomic E-state index is -1.05. The molecule has 0 aromatic carbocycles. The molecule has 4 saturated carbocycles. The number of nitriles is 1. The zero-order chi connectivity index (χ0) is 12.9. The van der Waals surface area contributed by atoms with Crippen LogP contribution in [0.1, 0.15) is 39.0 Å². The molecule has 4 fully saturated rings. The summed E-state index contributed by atoms with van der Waals surface area (Å²) < 4.78 is 0. The molecule has 4 rings (SSSR count). The maximum atomic E-state index is 11.1. The lowest BCUT2D eigenvalue weighted by Crippen LogP contribution is -2.45. The van der Waals surface area contributed by atoms with E-state index in [9.17, 15) is 4.79 Å². The van der Waals surface area contributed by atoms with Crippen molar-refractivity contribution in [3.05, 3.63) is 11.1 Å². The van der Waals surface area contributed by atoms with Crippen LogP contribution in [0, 0.1) is 40.9 Å². The van der Waals surface area contributed by atoms with Gasteiger partial charge in [-0.2, -0.15) is 5.26 Å². The minimum absolute atomic E-state index is 0.00697. The number of carbonyl (C=O) groups is 1. The van der Waals surface area contributed by atoms with Gasteiger partial charge in [0.25, 0.3) is 0 Å². The van der Waals surface area contributed by atoms with E-state index < -0.39 is 5.97 Å². The maximum Gasteiger partial charge on any atom is 0.346 e. The van der Waals surface area contributed by atoms with Crippen LogP contribution in [-0.2, 0) is 4.79 Å². The number of rotatable bonds is 2. The predicted molar refractivity (Wildman–Crippen MR) is 66.5 cm³/mol. The Balaban J connectivity index is 1.94. The van der Waals surface area contributed by atoms with Crippen molar-refractivity contribution in [1.82, 2.24) is 0 Å². The molecule has 1 N–H and O–H groups in total. The van der Waals surface area contributed by atoms with Crippen LogP contribution in [0.4, 0.5) is 0 Å². The molecule has 0 heterocycles. The van der Waals surface area contributed by atoms with E-state index in [-0.39, 0.29) is 5.57 Å². The minimum Gasteiger partial charge on any atom is -0.477 e. The SMILES string of the molecule is C/C(=C(/C#N)C(=O)O)C1C2CC3CC(C2)CC1C3. The Hall–Kier alpha value is -1.30. The van der Waals surface area contributed by atoms with E-state index in [1.165, 1.54) is 32.1 Å². The normalized spacial score (nSPS) is 42.3. The maximum absolute atomic E-state index is 11.1. The highest BCUT2D eigenvalue weighted by atomic mass is 16.4. The first kappa shape index (κ1) is 11.8. The molecular formula is C15H19NO2. The van der Waals surface area contributed by atoms with Gasteiger partial charge in [-0.3, -0.25) is 0 Å². The number of hydrogen-bond acceptors (Lipinski definition) is 2. The fraction of sp³-hybridized carbons (Fsp3) is 0.733. The van der Waals surface area contributed by atoms with Gasteiger partial charge >= 0.3 is 5.97 Å². The van der Waals surface area contributed by atoms with Gasteiger partial charge in [0.15, 0.2) is 0 Å². The predicted octanol–water partition coefficient (Wildman–Crippen LogP) is 2.98. The highest BCUT2D eigenvalue weighted by Gasteiger charge is 2.49. The van der Waals surface area contributed by atoms with Gasteiger partial charge in [-0.1, -0.05) is 0 Å². The third-order valence-electron chi connectivity index (χ3n) is 5.45. The first-order chi connectivity index (χ1) is 8.60. The van der Waals surface area contributed by atoms with Crippen LogP contribution < -0.4 is 0 Å². The number of carboxylic acid groups (broad SMARTS) is 1. The van der Waals surface area contributed by atoms with Crippen LogP contribution in [0.5, 0.6) is 0 Å². The molecule has 0 saturated heterocycles. The van der Waals surface area contributed by atoms with Crippen LogP contribution in [0.2, 0.25) is 0 Å². The van der Waals surface area contributed by atoms with Crippen molar-refractivity contribution in [1.29, 1.82) is 5.26 Å². The van der Waals surface area contributed by atoms with Gasteiger partial charge in [-0.25, -0.2) is 4.79 Å². The lowest BCUT2D eigenvalue weighted by molar-refractivity contribution is -0.132. The summed E-state index contributed by atoms with van der Waals surface area (Å²) in [6, 6.07) is 1.89. The smallest absolute Gasteiger partial charge is 0.346 e. The second-order valence-corrected chi connectivity index (χ2v) is 6.43. The van der Waals surface area contributed by atoms with E-state index in [1.54, 1.807) is 0 Å². The molecular weight excluding hydrogens is 226 g/mol. The number of carboxylic acids is 1. The topological polar surface area (TPSA) is 61.1 Å². The highest BCUT2D eigenvalue weighted by Crippen LogP contribution is 2.58. The third-order valence-corrected chi connectivity index (χ3v) is 5.45. The lowest BCUT2D eigenvalue weighted by atomic mass is 9.50. The monoisotopic (exact) mass is 245 g/mol. The van der Waals surface area contributed by atoms with Crippen LogP contribution in [0.3, 0.4) is 0 Å². The lowest BCUT2D eigenvalue weighted by Gasteiger charge is -2.55. The molecule has 0 unspecified atom stereocenters. The molecule has 3 nitrogen and oxygen atoms in total. The second kappa shape index (κ2) is 4.12. The average Bonchev–Trinajstić information content (AvgIpc) is 2.27. The van der Waals surface area contributed by atoms with E-state index in [0.717, 1.165) is 17.4 Å². The van der Waals surface area contributed by atoms with Crippen molar-refractivity contribution in [3.8, 4) is 6.07 Å². The second-order valence-electron chi connectivity index (χ2n) is 6.43. The molecule has 4 aliphatic carbocycles. The Kier molecular flexibility index (Phi) is 2.69. The van der Waals surface area contributed by atoms with Crippen molar-refractivity contribution >= 4 is 5.97 Å². The van der Waals surface area contributed by atoms with Gasteiger partial charge in [0.1, 0.15) is 11.6 Å². The molecule has 0 spiro atoms. The van der Waals surface area contributed by atoms with Gasteiger partial charge in [-0.05, 0) is 74.2 Å². The Bertz CT molecular complexity index is 430. The molecule has 96 valence electrons. The highest BCUT2D eigenvalue weighted by molar-refractivity contribution is 5.92. The Morgan fingerprint density at radius 3 is 2.00 bits per heavy atom. The van der Waals surface area contributed by atoms with Crippen LogP contribution >= 0.6 is 0 Å². The Labute approximate surface area is 107 Å². The third kappa shape index (κ3) is 1.67. The molecule has 0 aromatic rings. The van der Waals surface area contributed by atoms with Crippen LogP contribution in [0.25, 0.3) is 0 Å². The molecule has 3 heteroatoms. The zero-order valence-corrected chi connectivity index (χ0v) is 10.7. The molecule has 0 amide bonds. The van der Waals surface area contributed by atoms with E-state index in [4.69, 9.17) is 10.4 Å². The van der Waals surface area contributed by atoms with E-state index >= 15 is 0 Å². The summed E-state index contributed by atoms with van der Waals surface area (Å²) in [6.45, 7) is 1.87. The van der Waals surface area contributed by atoms with Crippen molar-refractivity contribution in [3.63, 3.8) is 0 Å². The first-order valence-electron chi connectivity index (χ1n) is 6.94. The summed E-state index contributed by atoms with van der Waals surface area (Å²) >= 11 is 0. The van der Waals surface area contributed by atoms with Gasteiger partial charge in [-0.15, -0.1) is 0 Å². The van der Waals surface area contributed by atoms with E-state index in [1.807, 2.05) is 13.0 Å². The van der Waals surface area contributed by atoms with E-state index in [0.29, 0.717) is 17.8 Å². The fourth-order valence-electron chi connectivity index (χ4n) is 5.10. The number of nitrogens with zero attached hydrogens (tertiary/aromatic N) is 1. The van der Waals surface area contributed by atoms with Crippen molar-refractivity contribution in [2.24, 2.45) is 29.6 Å². The molecule has 18 heavy (non-hydrogen) atoms. The largest absolute Gasteiger partial charge is 0.477 e. The van der Waals surface area contributed by atoms with Gasteiger partial charge in [0.05, 0.1) is 0 Å². The summed E-state index contributed by atoms with van der Waals surface area (Å²) in [5.74, 6) is 2.36. The molecule has 0 atom stereocenters. The van der Waals surface area contributed by atoms with Crippen molar-refractivity contribution in [2.45, 2.75) is 39.0 Å². The molecule has 0 radical (unpaired) electrons. The number of hydrogen-bond donors (Lipinski definition) is 1. The van der Waals surface area contributed by atoms with Gasteiger partial charge in [0, 0.05) is 0 Å². The Morgan fingerprint density at radius 1 is 1.11 bits per heavy atom. The summed E-state index contributed by atoms with van der Waals surface area (Å²) in [4.78, 5) is 11.1. The molecule has 0 aliphatic heterocycles. The molecule has 4 aliphatic rings. The van der Waals surface area contributed by atoms with Crippen LogP contribution in [-0.4, -0.2) is 11.1 Å². The zero-order valence-electron chi connectivity index (χ0n) is 10.7. The average molecular weight is 245 g/mol. The summed E-state index contributed by atoms with van der Waals surface area (Å²) in [7, 11) is 0.